The molecule has 0 saturated carbocycles. The van der Waals surface area contributed by atoms with Crippen molar-refractivity contribution < 1.29 is 48.3 Å². The fourth-order valence-corrected chi connectivity index (χ4v) is 8.34. The average Bonchev–Trinajstić information content (AvgIpc) is 3.05. The van der Waals surface area contributed by atoms with Gasteiger partial charge in [0.1, 0.15) is 12.2 Å². The maximum absolute atomic E-state index is 12.1. The number of thioether (sulfide) groups is 4. The van der Waals surface area contributed by atoms with Gasteiger partial charge in [0.2, 0.25) is 0 Å². The van der Waals surface area contributed by atoms with Gasteiger partial charge in [0.15, 0.2) is 0 Å². The summed E-state index contributed by atoms with van der Waals surface area (Å²) in [5.74, 6) is -1.33. The van der Waals surface area contributed by atoms with Gasteiger partial charge in [-0.05, 0) is 24.3 Å². The minimum absolute atomic E-state index is 0.184. The highest BCUT2D eigenvalue weighted by atomic mass is 32.2. The molecule has 0 amide bonds. The third-order valence-corrected chi connectivity index (χ3v) is 11.3. The number of ether oxygens (including phenoxy) is 4. The fraction of sp³-hybridized carbons (Fsp3) is 0.375. The second-order valence-corrected chi connectivity index (χ2v) is 14.5. The van der Waals surface area contributed by atoms with E-state index >= 15 is 0 Å². The lowest BCUT2D eigenvalue weighted by atomic mass is 10.4. The fourth-order valence-electron chi connectivity index (χ4n) is 3.77. The summed E-state index contributed by atoms with van der Waals surface area (Å²) in [7, 11) is 0. The Kier molecular flexibility index (Phi) is 17.8. The Morgan fingerprint density at radius 2 is 1.07 bits per heavy atom. The molecule has 3 rings (SSSR count). The summed E-state index contributed by atoms with van der Waals surface area (Å²) in [5.41, 5.74) is 0. The maximum Gasteiger partial charge on any atom is 0.331 e. The average molecular weight is 709 g/mol. The Bertz CT molecular complexity index is 1180. The molecule has 0 aromatic heterocycles. The first-order chi connectivity index (χ1) is 22.3. The molecule has 1 aliphatic rings. The molecule has 4 unspecified atom stereocenters. The van der Waals surface area contributed by atoms with Gasteiger partial charge in [-0.2, -0.15) is 23.5 Å². The minimum atomic E-state index is -1.23. The molecule has 0 aliphatic carbocycles. The van der Waals surface area contributed by atoms with Crippen molar-refractivity contribution in [1.82, 2.24) is 0 Å². The van der Waals surface area contributed by atoms with E-state index in [4.69, 9.17) is 29.2 Å². The molecule has 248 valence electrons. The van der Waals surface area contributed by atoms with Gasteiger partial charge in [-0.1, -0.05) is 36.4 Å². The van der Waals surface area contributed by atoms with E-state index < -0.39 is 36.1 Å². The molecule has 0 radical (unpaired) electrons. The molecule has 0 bridgehead atoms. The molecule has 1 heterocycles. The van der Waals surface area contributed by atoms with Crippen LogP contribution in [0.4, 0.5) is 0 Å². The number of benzene rings is 2. The molecule has 2 aromatic rings. The quantitative estimate of drug-likeness (QED) is 0.109. The van der Waals surface area contributed by atoms with Crippen LogP contribution < -0.4 is 0 Å². The molecule has 0 spiro atoms. The van der Waals surface area contributed by atoms with Crippen molar-refractivity contribution in [2.45, 2.75) is 32.5 Å². The number of esters is 2. The van der Waals surface area contributed by atoms with Crippen LogP contribution in [0.2, 0.25) is 0 Å². The van der Waals surface area contributed by atoms with Crippen molar-refractivity contribution in [2.24, 2.45) is 0 Å². The Morgan fingerprint density at radius 3 is 1.41 bits per heavy atom. The van der Waals surface area contributed by atoms with E-state index in [0.717, 1.165) is 45.6 Å². The van der Waals surface area contributed by atoms with Crippen LogP contribution in [0.1, 0.15) is 0 Å². The van der Waals surface area contributed by atoms with Crippen LogP contribution in [-0.4, -0.2) is 106 Å². The highest BCUT2D eigenvalue weighted by molar-refractivity contribution is 8.07. The summed E-state index contributed by atoms with van der Waals surface area (Å²) in [4.78, 5) is 47.7. The summed E-state index contributed by atoms with van der Waals surface area (Å²) in [6.45, 7) is 1.31. The first kappa shape index (κ1) is 37.6. The lowest BCUT2D eigenvalue weighted by molar-refractivity contribution is -0.145. The number of carbonyl (C=O) groups is 4. The number of carbonyl (C=O) groups excluding carboxylic acids is 2. The summed E-state index contributed by atoms with van der Waals surface area (Å²) in [6.07, 6.45) is 2.17. The molecule has 4 atom stereocenters. The van der Waals surface area contributed by atoms with E-state index in [1.165, 1.54) is 23.5 Å². The number of aliphatic carboxylic acids is 2. The maximum atomic E-state index is 12.1. The third kappa shape index (κ3) is 16.6. The van der Waals surface area contributed by atoms with Gasteiger partial charge in [0.05, 0.1) is 26.4 Å². The highest BCUT2D eigenvalue weighted by Crippen LogP contribution is 2.30. The zero-order valence-corrected chi connectivity index (χ0v) is 28.1. The van der Waals surface area contributed by atoms with Crippen LogP contribution in [0.15, 0.2) is 94.8 Å². The lowest BCUT2D eigenvalue weighted by Crippen LogP contribution is -2.32. The summed E-state index contributed by atoms with van der Waals surface area (Å²) < 4.78 is 22.8. The van der Waals surface area contributed by atoms with Crippen LogP contribution >= 0.6 is 47.0 Å². The first-order valence-corrected chi connectivity index (χ1v) is 18.3. The van der Waals surface area contributed by atoms with Crippen molar-refractivity contribution in [2.75, 3.05) is 49.4 Å². The van der Waals surface area contributed by atoms with Gasteiger partial charge < -0.3 is 29.2 Å². The van der Waals surface area contributed by atoms with E-state index in [1.807, 2.05) is 60.7 Å². The van der Waals surface area contributed by atoms with Gasteiger partial charge in [0.25, 0.3) is 0 Å². The minimum Gasteiger partial charge on any atom is -0.478 e. The van der Waals surface area contributed by atoms with E-state index in [9.17, 15) is 19.2 Å². The zero-order chi connectivity index (χ0) is 33.0. The first-order valence-electron chi connectivity index (χ1n) is 14.2. The Morgan fingerprint density at radius 1 is 0.674 bits per heavy atom. The summed E-state index contributed by atoms with van der Waals surface area (Å²) in [5, 5.41) is 18.0. The normalized spacial score (nSPS) is 17.8. The van der Waals surface area contributed by atoms with Crippen LogP contribution in [0, 0.1) is 0 Å². The van der Waals surface area contributed by atoms with Gasteiger partial charge in [-0.15, -0.1) is 23.5 Å². The molecule has 2 aromatic carbocycles. The van der Waals surface area contributed by atoms with Gasteiger partial charge >= 0.3 is 23.9 Å². The Labute approximate surface area is 285 Å². The predicted octanol–water partition coefficient (Wildman–Crippen LogP) is 4.93. The number of hydrogen-bond donors (Lipinski definition) is 2. The molecule has 10 nitrogen and oxygen atoms in total. The molecule has 1 fully saturated rings. The predicted molar refractivity (Wildman–Crippen MR) is 182 cm³/mol. The molecular formula is C32H36O10S4. The number of hydrogen-bond acceptors (Lipinski definition) is 12. The third-order valence-electron chi connectivity index (χ3n) is 5.90. The molecule has 2 N–H and O–H groups in total. The van der Waals surface area contributed by atoms with Crippen LogP contribution in [0.5, 0.6) is 0 Å². The molecule has 1 aliphatic heterocycles. The monoisotopic (exact) mass is 708 g/mol. The second-order valence-electron chi connectivity index (χ2n) is 9.69. The Hall–Kier alpha value is -2.88. The van der Waals surface area contributed by atoms with E-state index in [0.29, 0.717) is 24.7 Å². The number of rotatable bonds is 20. The van der Waals surface area contributed by atoms with Gasteiger partial charge in [0, 0.05) is 67.6 Å². The van der Waals surface area contributed by atoms with Gasteiger partial charge in [-0.3, -0.25) is 0 Å². The van der Waals surface area contributed by atoms with Gasteiger partial charge in [-0.25, -0.2) is 19.2 Å². The molecule has 1 saturated heterocycles. The largest absolute Gasteiger partial charge is 0.478 e. The highest BCUT2D eigenvalue weighted by Gasteiger charge is 2.24. The summed E-state index contributed by atoms with van der Waals surface area (Å²) in [6, 6.07) is 19.4. The van der Waals surface area contributed by atoms with E-state index in [1.54, 1.807) is 23.5 Å². The van der Waals surface area contributed by atoms with Crippen LogP contribution in [-0.2, 0) is 38.1 Å². The van der Waals surface area contributed by atoms with Crippen molar-refractivity contribution in [3.8, 4) is 0 Å². The van der Waals surface area contributed by atoms with Crippen LogP contribution in [0.25, 0.3) is 0 Å². The SMILES string of the molecule is O=C(O)/C=C/C(=O)OC(COCC1CSC(COCC(CSc2ccccc2)OC(=O)/C=C/C(=O)O)CS1)CSc1ccccc1. The van der Waals surface area contributed by atoms with Crippen molar-refractivity contribution in [1.29, 1.82) is 0 Å². The van der Waals surface area contributed by atoms with Crippen molar-refractivity contribution in [3.63, 3.8) is 0 Å². The van der Waals surface area contributed by atoms with Crippen LogP contribution in [0.3, 0.4) is 0 Å². The van der Waals surface area contributed by atoms with Crippen molar-refractivity contribution in [3.05, 3.63) is 85.0 Å². The number of carboxylic acids is 2. The lowest BCUT2D eigenvalue weighted by Gasteiger charge is -2.28. The number of carboxylic acid groups (broad SMARTS) is 2. The second kappa shape index (κ2) is 21.8. The Balaban J connectivity index is 1.39. The smallest absolute Gasteiger partial charge is 0.331 e. The molecule has 14 heteroatoms. The topological polar surface area (TPSA) is 146 Å². The van der Waals surface area contributed by atoms with Crippen molar-refractivity contribution >= 4 is 70.9 Å². The summed E-state index contributed by atoms with van der Waals surface area (Å²) >= 11 is 6.60. The standard InChI is InChI=1S/C32H36O10S4/c33-29(34)11-13-31(37)41-23(19-43-25-7-3-1-4-8-25)15-39-17-27-21-46-28(22-45-27)18-40-16-24(42-32(38)14-12-30(35)36)20-44-26-9-5-2-6-10-26/h1-14,23-24,27-28H,15-22H2,(H,33,34)(H,35,36)/b13-11+,14-12+. The van der Waals surface area contributed by atoms with E-state index in [-0.39, 0.29) is 23.7 Å². The molecule has 46 heavy (non-hydrogen) atoms. The van der Waals surface area contributed by atoms with E-state index in [2.05, 4.69) is 0 Å². The zero-order valence-electron chi connectivity index (χ0n) is 24.8. The molecular weight excluding hydrogens is 673 g/mol.